The molecule has 0 radical (unpaired) electrons. The summed E-state index contributed by atoms with van der Waals surface area (Å²) in [6.45, 7) is 3.79. The topological polar surface area (TPSA) is 43.4 Å². The Balaban J connectivity index is 2.74. The third-order valence-electron chi connectivity index (χ3n) is 2.74. The fourth-order valence-corrected chi connectivity index (χ4v) is 1.81. The third-order valence-corrected chi connectivity index (χ3v) is 2.74. The molecule has 0 aliphatic heterocycles. The fraction of sp³-hybridized carbons (Fsp3) is 0.429. The molecule has 17 heavy (non-hydrogen) atoms. The molecule has 0 saturated heterocycles. The minimum atomic E-state index is -0.638. The van der Waals surface area contributed by atoms with Crippen molar-refractivity contribution < 1.29 is 14.3 Å². The highest BCUT2D eigenvalue weighted by Crippen LogP contribution is 2.12. The Hall–Kier alpha value is -1.64. The molecule has 0 aromatic heterocycles. The van der Waals surface area contributed by atoms with Gasteiger partial charge >= 0.3 is 5.97 Å². The van der Waals surface area contributed by atoms with Crippen molar-refractivity contribution in [2.24, 2.45) is 5.92 Å². The van der Waals surface area contributed by atoms with Gasteiger partial charge in [-0.2, -0.15) is 0 Å². The van der Waals surface area contributed by atoms with Crippen LogP contribution in [0.4, 0.5) is 0 Å². The third kappa shape index (κ3) is 3.70. The molecule has 1 aromatic carbocycles. The zero-order valence-electron chi connectivity index (χ0n) is 10.5. The summed E-state index contributed by atoms with van der Waals surface area (Å²) in [5.74, 6) is -1.16. The fourth-order valence-electron chi connectivity index (χ4n) is 1.81. The van der Waals surface area contributed by atoms with Crippen molar-refractivity contribution in [2.45, 2.75) is 26.7 Å². The lowest BCUT2D eigenvalue weighted by atomic mass is 9.95. The summed E-state index contributed by atoms with van der Waals surface area (Å²) < 4.78 is 4.63. The molecule has 0 heterocycles. The van der Waals surface area contributed by atoms with Gasteiger partial charge < -0.3 is 4.74 Å². The number of hydrogen-bond donors (Lipinski definition) is 0. The summed E-state index contributed by atoms with van der Waals surface area (Å²) in [4.78, 5) is 23.4. The summed E-state index contributed by atoms with van der Waals surface area (Å²) in [6.07, 6.45) is 0.770. The average molecular weight is 234 g/mol. The minimum Gasteiger partial charge on any atom is -0.468 e. The van der Waals surface area contributed by atoms with Crippen LogP contribution in [0.15, 0.2) is 24.3 Å². The van der Waals surface area contributed by atoms with E-state index >= 15 is 0 Å². The molecule has 0 saturated carbocycles. The first-order valence-electron chi connectivity index (χ1n) is 5.74. The first-order chi connectivity index (χ1) is 8.08. The van der Waals surface area contributed by atoms with Gasteiger partial charge in [0, 0.05) is 6.42 Å². The van der Waals surface area contributed by atoms with Crippen LogP contribution in [0.3, 0.4) is 0 Å². The van der Waals surface area contributed by atoms with Crippen LogP contribution in [-0.2, 0) is 20.7 Å². The number of esters is 1. The van der Waals surface area contributed by atoms with E-state index in [9.17, 15) is 9.59 Å². The van der Waals surface area contributed by atoms with E-state index in [1.807, 2.05) is 38.1 Å². The largest absolute Gasteiger partial charge is 0.468 e. The van der Waals surface area contributed by atoms with Gasteiger partial charge in [0.05, 0.1) is 7.11 Å². The minimum absolute atomic E-state index is 0.0787. The zero-order chi connectivity index (χ0) is 12.8. The highest BCUT2D eigenvalue weighted by molar-refractivity contribution is 5.99. The smallest absolute Gasteiger partial charge is 0.316 e. The van der Waals surface area contributed by atoms with Gasteiger partial charge in [-0.25, -0.2) is 0 Å². The number of methoxy groups -OCH3 is 1. The van der Waals surface area contributed by atoms with Crippen LogP contribution in [0.5, 0.6) is 0 Å². The Kier molecular flexibility index (Phi) is 4.88. The van der Waals surface area contributed by atoms with Crippen molar-refractivity contribution in [3.63, 3.8) is 0 Å². The van der Waals surface area contributed by atoms with Crippen LogP contribution in [0.1, 0.15) is 24.5 Å². The Bertz CT molecular complexity index is 410. The van der Waals surface area contributed by atoms with Crippen LogP contribution in [0.25, 0.3) is 0 Å². The van der Waals surface area contributed by atoms with Gasteiger partial charge in [0.2, 0.25) is 0 Å². The molecule has 3 heteroatoms. The lowest BCUT2D eigenvalue weighted by molar-refractivity contribution is -0.149. The number of aryl methyl sites for hydroxylation is 1. The molecule has 3 nitrogen and oxygen atoms in total. The van der Waals surface area contributed by atoms with E-state index < -0.39 is 11.9 Å². The van der Waals surface area contributed by atoms with Gasteiger partial charge in [-0.15, -0.1) is 0 Å². The maximum atomic E-state index is 12.0. The maximum Gasteiger partial charge on any atom is 0.316 e. The maximum absolute atomic E-state index is 12.0. The van der Waals surface area contributed by atoms with E-state index in [4.69, 9.17) is 0 Å². The van der Waals surface area contributed by atoms with E-state index in [1.165, 1.54) is 7.11 Å². The predicted molar refractivity (Wildman–Crippen MR) is 65.7 cm³/mol. The molecule has 1 rings (SSSR count). The monoisotopic (exact) mass is 234 g/mol. The number of rotatable bonds is 5. The Labute approximate surface area is 102 Å². The highest BCUT2D eigenvalue weighted by atomic mass is 16.5. The van der Waals surface area contributed by atoms with Crippen molar-refractivity contribution in [1.29, 1.82) is 0 Å². The summed E-state index contributed by atoms with van der Waals surface area (Å²) in [7, 11) is 1.31. The van der Waals surface area contributed by atoms with E-state index in [-0.39, 0.29) is 12.2 Å². The summed E-state index contributed by atoms with van der Waals surface area (Å²) in [5, 5.41) is 0. The first kappa shape index (κ1) is 13.4. The normalized spacial score (nSPS) is 11.9. The van der Waals surface area contributed by atoms with Gasteiger partial charge in [0.25, 0.3) is 0 Å². The number of Topliss-reactive ketones (excluding diaryl/α,β-unsaturated/α-hetero) is 1. The standard InChI is InChI=1S/C14H18O3/c1-4-12(14(16)17-3)13(15)9-11-7-5-6-10(2)8-11/h5-8,12H,4,9H2,1-3H3. The van der Waals surface area contributed by atoms with Crippen LogP contribution < -0.4 is 0 Å². The van der Waals surface area contributed by atoms with E-state index in [0.29, 0.717) is 6.42 Å². The number of ketones is 1. The molecule has 0 amide bonds. The van der Waals surface area contributed by atoms with Crippen LogP contribution in [0, 0.1) is 12.8 Å². The van der Waals surface area contributed by atoms with Crippen molar-refractivity contribution in [1.82, 2.24) is 0 Å². The number of carbonyl (C=O) groups is 2. The van der Waals surface area contributed by atoms with Crippen molar-refractivity contribution in [3.8, 4) is 0 Å². The number of carbonyl (C=O) groups excluding carboxylic acids is 2. The lowest BCUT2D eigenvalue weighted by Crippen LogP contribution is -2.26. The molecule has 1 unspecified atom stereocenters. The lowest BCUT2D eigenvalue weighted by Gasteiger charge is -2.11. The SMILES string of the molecule is CCC(C(=O)Cc1cccc(C)c1)C(=O)OC. The van der Waals surface area contributed by atoms with Gasteiger partial charge in [0.15, 0.2) is 5.78 Å². The number of hydrogen-bond acceptors (Lipinski definition) is 3. The molecule has 1 atom stereocenters. The summed E-state index contributed by atoms with van der Waals surface area (Å²) in [6, 6.07) is 7.75. The van der Waals surface area contributed by atoms with Gasteiger partial charge in [-0.05, 0) is 18.9 Å². The summed E-state index contributed by atoms with van der Waals surface area (Å²) in [5.41, 5.74) is 2.05. The predicted octanol–water partition coefficient (Wildman–Crippen LogP) is 2.31. The van der Waals surface area contributed by atoms with Crippen LogP contribution >= 0.6 is 0 Å². The zero-order valence-corrected chi connectivity index (χ0v) is 10.5. The van der Waals surface area contributed by atoms with Crippen LogP contribution in [-0.4, -0.2) is 18.9 Å². The number of benzene rings is 1. The van der Waals surface area contributed by atoms with Crippen molar-refractivity contribution in [2.75, 3.05) is 7.11 Å². The molecule has 0 aliphatic carbocycles. The quantitative estimate of drug-likeness (QED) is 0.580. The molecule has 1 aromatic rings. The molecule has 92 valence electrons. The molecular weight excluding hydrogens is 216 g/mol. The van der Waals surface area contributed by atoms with E-state index in [1.54, 1.807) is 0 Å². The molecule has 0 aliphatic rings. The number of ether oxygens (including phenoxy) is 1. The molecule has 0 N–H and O–H groups in total. The Morgan fingerprint density at radius 1 is 1.35 bits per heavy atom. The average Bonchev–Trinajstić information content (AvgIpc) is 2.29. The highest BCUT2D eigenvalue weighted by Gasteiger charge is 2.25. The second-order valence-corrected chi connectivity index (χ2v) is 4.12. The first-order valence-corrected chi connectivity index (χ1v) is 5.74. The molecule has 0 spiro atoms. The van der Waals surface area contributed by atoms with Crippen molar-refractivity contribution >= 4 is 11.8 Å². The molecular formula is C14H18O3. The van der Waals surface area contributed by atoms with Gasteiger partial charge in [-0.3, -0.25) is 9.59 Å². The van der Waals surface area contributed by atoms with Gasteiger partial charge in [-0.1, -0.05) is 36.8 Å². The van der Waals surface area contributed by atoms with E-state index in [0.717, 1.165) is 11.1 Å². The Morgan fingerprint density at radius 3 is 2.59 bits per heavy atom. The molecule has 0 bridgehead atoms. The second kappa shape index (κ2) is 6.18. The van der Waals surface area contributed by atoms with Crippen LogP contribution in [0.2, 0.25) is 0 Å². The van der Waals surface area contributed by atoms with Gasteiger partial charge in [0.1, 0.15) is 5.92 Å². The van der Waals surface area contributed by atoms with Crippen molar-refractivity contribution in [3.05, 3.63) is 35.4 Å². The summed E-state index contributed by atoms with van der Waals surface area (Å²) >= 11 is 0. The second-order valence-electron chi connectivity index (χ2n) is 4.12. The molecule has 0 fully saturated rings. The van der Waals surface area contributed by atoms with E-state index in [2.05, 4.69) is 4.74 Å². The Morgan fingerprint density at radius 2 is 2.06 bits per heavy atom.